The van der Waals surface area contributed by atoms with Crippen LogP contribution in [0.4, 0.5) is 8.78 Å². The molecule has 1 saturated carbocycles. The molecular weight excluding hydrogens is 388 g/mol. The summed E-state index contributed by atoms with van der Waals surface area (Å²) in [5, 5.41) is 2.53. The lowest BCUT2D eigenvalue weighted by Crippen LogP contribution is -2.53. The summed E-state index contributed by atoms with van der Waals surface area (Å²) in [7, 11) is -1.91. The number of sulfone groups is 1. The summed E-state index contributed by atoms with van der Waals surface area (Å²) < 4.78 is 56.6. The average Bonchev–Trinajstić information content (AvgIpc) is 2.59. The number of halogens is 2. The van der Waals surface area contributed by atoms with E-state index in [2.05, 4.69) is 5.32 Å². The maximum atomic E-state index is 14.5. The number of carbonyl (C=O) groups excluding carboxylic acids is 1. The smallest absolute Gasteiger partial charge is 0.254 e. The number of carbonyl (C=O) groups is 1. The van der Waals surface area contributed by atoms with Crippen molar-refractivity contribution in [1.82, 2.24) is 5.32 Å². The van der Waals surface area contributed by atoms with Gasteiger partial charge in [-0.05, 0) is 42.7 Å². The summed E-state index contributed by atoms with van der Waals surface area (Å²) in [6.07, 6.45) is 2.88. The summed E-state index contributed by atoms with van der Waals surface area (Å²) >= 11 is 0. The van der Waals surface area contributed by atoms with Crippen molar-refractivity contribution in [3.8, 4) is 16.9 Å². The third-order valence-electron chi connectivity index (χ3n) is 5.32. The van der Waals surface area contributed by atoms with Gasteiger partial charge in [0.1, 0.15) is 17.4 Å². The van der Waals surface area contributed by atoms with Crippen LogP contribution in [-0.2, 0) is 9.84 Å². The molecule has 1 amide bonds. The highest BCUT2D eigenvalue weighted by atomic mass is 32.2. The van der Waals surface area contributed by atoms with E-state index < -0.39 is 32.1 Å². The van der Waals surface area contributed by atoms with Crippen molar-refractivity contribution in [3.63, 3.8) is 0 Å². The van der Waals surface area contributed by atoms with E-state index in [9.17, 15) is 22.0 Å². The van der Waals surface area contributed by atoms with Crippen LogP contribution in [0.5, 0.6) is 5.75 Å². The average molecular weight is 409 g/mol. The van der Waals surface area contributed by atoms with Crippen LogP contribution in [0.25, 0.3) is 11.1 Å². The summed E-state index contributed by atoms with van der Waals surface area (Å²) in [5.74, 6) is -1.74. The van der Waals surface area contributed by atoms with Gasteiger partial charge in [0.15, 0.2) is 9.84 Å². The molecule has 0 heterocycles. The molecule has 1 N–H and O–H groups in total. The molecule has 2 aromatic rings. The van der Waals surface area contributed by atoms with Crippen molar-refractivity contribution in [2.75, 3.05) is 19.9 Å². The molecule has 5 nitrogen and oxygen atoms in total. The molecule has 0 aromatic heterocycles. The highest BCUT2D eigenvalue weighted by Crippen LogP contribution is 2.38. The highest BCUT2D eigenvalue weighted by molar-refractivity contribution is 7.92. The van der Waals surface area contributed by atoms with Crippen LogP contribution < -0.4 is 10.1 Å². The van der Waals surface area contributed by atoms with Crippen molar-refractivity contribution in [2.24, 2.45) is 0 Å². The van der Waals surface area contributed by atoms with Crippen LogP contribution in [0.3, 0.4) is 0 Å². The maximum Gasteiger partial charge on any atom is 0.254 e. The first-order chi connectivity index (χ1) is 13.2. The van der Waals surface area contributed by atoms with E-state index in [1.54, 1.807) is 6.07 Å². The second-order valence-corrected chi connectivity index (χ2v) is 9.44. The van der Waals surface area contributed by atoms with Gasteiger partial charge in [-0.25, -0.2) is 17.2 Å². The Morgan fingerprint density at radius 2 is 1.86 bits per heavy atom. The highest BCUT2D eigenvalue weighted by Gasteiger charge is 2.46. The number of nitrogens with one attached hydrogen (secondary N) is 1. The summed E-state index contributed by atoms with van der Waals surface area (Å²) in [6, 6.07) is 8.00. The Morgan fingerprint density at radius 3 is 2.36 bits per heavy atom. The Labute approximate surface area is 162 Å². The molecule has 1 aliphatic carbocycles. The Hall–Kier alpha value is -2.48. The molecule has 28 heavy (non-hydrogen) atoms. The van der Waals surface area contributed by atoms with Crippen LogP contribution in [0.15, 0.2) is 36.4 Å². The van der Waals surface area contributed by atoms with Crippen molar-refractivity contribution in [2.45, 2.75) is 24.0 Å². The van der Waals surface area contributed by atoms with Crippen LogP contribution in [-0.4, -0.2) is 39.0 Å². The van der Waals surface area contributed by atoms with Crippen molar-refractivity contribution in [1.29, 1.82) is 0 Å². The van der Waals surface area contributed by atoms with Crippen LogP contribution in [0.2, 0.25) is 0 Å². The minimum Gasteiger partial charge on any atom is -0.497 e. The lowest BCUT2D eigenvalue weighted by atomic mass is 9.84. The number of benzene rings is 2. The zero-order valence-corrected chi connectivity index (χ0v) is 16.4. The molecule has 1 aliphatic rings. The molecule has 2 aromatic carbocycles. The monoisotopic (exact) mass is 409 g/mol. The molecule has 0 bridgehead atoms. The predicted molar refractivity (Wildman–Crippen MR) is 102 cm³/mol. The van der Waals surface area contributed by atoms with E-state index in [1.807, 2.05) is 0 Å². The largest absolute Gasteiger partial charge is 0.497 e. The van der Waals surface area contributed by atoms with Gasteiger partial charge >= 0.3 is 0 Å². The zero-order chi connectivity index (χ0) is 20.5. The van der Waals surface area contributed by atoms with E-state index in [1.165, 1.54) is 31.4 Å². The summed E-state index contributed by atoms with van der Waals surface area (Å²) in [6.45, 7) is -0.0566. The van der Waals surface area contributed by atoms with Crippen molar-refractivity contribution >= 4 is 15.7 Å². The minimum absolute atomic E-state index is 0.0566. The predicted octanol–water partition coefficient (Wildman–Crippen LogP) is 3.34. The zero-order valence-electron chi connectivity index (χ0n) is 15.6. The Balaban J connectivity index is 1.78. The molecule has 1 fully saturated rings. The number of hydrogen-bond donors (Lipinski definition) is 1. The van der Waals surface area contributed by atoms with Crippen molar-refractivity contribution < 1.29 is 26.7 Å². The number of hydrogen-bond acceptors (Lipinski definition) is 4. The van der Waals surface area contributed by atoms with Gasteiger partial charge in [0.2, 0.25) is 0 Å². The lowest BCUT2D eigenvalue weighted by Gasteiger charge is -2.39. The molecule has 8 heteroatoms. The fraction of sp³-hybridized carbons (Fsp3) is 0.350. The van der Waals surface area contributed by atoms with Gasteiger partial charge in [0.05, 0.1) is 17.4 Å². The first-order valence-electron chi connectivity index (χ1n) is 8.78. The molecule has 0 atom stereocenters. The Morgan fingerprint density at radius 1 is 1.14 bits per heavy atom. The second kappa shape index (κ2) is 7.50. The third-order valence-corrected chi connectivity index (χ3v) is 7.45. The van der Waals surface area contributed by atoms with E-state index >= 15 is 0 Å². The molecule has 3 rings (SSSR count). The fourth-order valence-electron chi connectivity index (χ4n) is 3.31. The maximum absolute atomic E-state index is 14.5. The summed E-state index contributed by atoms with van der Waals surface area (Å²) in [4.78, 5) is 12.3. The lowest BCUT2D eigenvalue weighted by molar-refractivity contribution is 0.0939. The molecular formula is C20H21F2NO4S. The topological polar surface area (TPSA) is 72.5 Å². The minimum atomic E-state index is -3.33. The van der Waals surface area contributed by atoms with Gasteiger partial charge in [0, 0.05) is 24.4 Å². The second-order valence-electron chi connectivity index (χ2n) is 7.03. The van der Waals surface area contributed by atoms with Crippen molar-refractivity contribution in [3.05, 3.63) is 53.6 Å². The Bertz CT molecular complexity index is 1020. The van der Waals surface area contributed by atoms with Gasteiger partial charge in [-0.3, -0.25) is 4.79 Å². The number of methoxy groups -OCH3 is 1. The van der Waals surface area contributed by atoms with Gasteiger partial charge in [-0.1, -0.05) is 12.5 Å². The quantitative estimate of drug-likeness (QED) is 0.794. The fourth-order valence-corrected chi connectivity index (χ4v) is 4.67. The van der Waals surface area contributed by atoms with Gasteiger partial charge < -0.3 is 10.1 Å². The van der Waals surface area contributed by atoms with Gasteiger partial charge in [-0.15, -0.1) is 0 Å². The number of rotatable bonds is 6. The standard InChI is InChI=1S/C20H21F2NO4S/c1-27-14-5-7-15(18(22)11-14)13-4-6-16(17(21)10-13)19(24)23-12-20(8-3-9-20)28(2,25)26/h4-7,10-11H,3,8-9,12H2,1-2H3,(H,23,24). The van der Waals surface area contributed by atoms with Gasteiger partial charge in [0.25, 0.3) is 5.91 Å². The molecule has 0 radical (unpaired) electrons. The van der Waals surface area contributed by atoms with Crippen LogP contribution in [0, 0.1) is 11.6 Å². The summed E-state index contributed by atoms with van der Waals surface area (Å²) in [5.41, 5.74) is 0.235. The van der Waals surface area contributed by atoms with E-state index in [4.69, 9.17) is 4.74 Å². The molecule has 0 aliphatic heterocycles. The van der Waals surface area contributed by atoms with Crippen LogP contribution in [0.1, 0.15) is 29.6 Å². The van der Waals surface area contributed by atoms with Gasteiger partial charge in [-0.2, -0.15) is 0 Å². The Kier molecular flexibility index (Phi) is 5.43. The first kappa shape index (κ1) is 20.3. The third kappa shape index (κ3) is 3.73. The number of ether oxygens (including phenoxy) is 1. The molecule has 0 spiro atoms. The van der Waals surface area contributed by atoms with E-state index in [-0.39, 0.29) is 23.2 Å². The normalized spacial score (nSPS) is 15.6. The SMILES string of the molecule is COc1ccc(-c2ccc(C(=O)NCC3(S(C)(=O)=O)CCC3)c(F)c2)c(F)c1. The molecule has 0 unspecified atom stereocenters. The van der Waals surface area contributed by atoms with Crippen LogP contribution >= 0.6 is 0 Å². The molecule has 150 valence electrons. The first-order valence-corrected chi connectivity index (χ1v) is 10.7. The van der Waals surface area contributed by atoms with E-state index in [0.29, 0.717) is 18.6 Å². The number of amides is 1. The van der Waals surface area contributed by atoms with E-state index in [0.717, 1.165) is 18.7 Å². The molecule has 0 saturated heterocycles.